The Labute approximate surface area is 195 Å². The molecule has 1 atom stereocenters. The van der Waals surface area contributed by atoms with Crippen LogP contribution in [0.1, 0.15) is 17.9 Å². The van der Waals surface area contributed by atoms with Crippen LogP contribution in [0, 0.1) is 0 Å². The molecule has 0 radical (unpaired) electrons. The number of ether oxygens (including phenoxy) is 1. The molecular weight excluding hydrogens is 436 g/mol. The fourth-order valence-electron chi connectivity index (χ4n) is 3.76. The Morgan fingerprint density at radius 3 is 2.25 bits per heavy atom. The van der Waals surface area contributed by atoms with Crippen LogP contribution in [0.5, 0.6) is 5.75 Å². The second-order valence-electron chi connectivity index (χ2n) is 7.34. The number of carbonyl (C=O) groups is 1. The number of thiazole rings is 1. The Balaban J connectivity index is 1.57. The van der Waals surface area contributed by atoms with Crippen LogP contribution < -0.4 is 9.64 Å². The van der Waals surface area contributed by atoms with Gasteiger partial charge in [0.25, 0.3) is 0 Å². The van der Waals surface area contributed by atoms with Crippen LogP contribution in [0.25, 0.3) is 21.7 Å². The first-order valence-electron chi connectivity index (χ1n) is 10.5. The number of anilines is 1. The second-order valence-corrected chi connectivity index (χ2v) is 9.38. The van der Waals surface area contributed by atoms with Crippen LogP contribution in [-0.4, -0.2) is 23.3 Å². The van der Waals surface area contributed by atoms with Gasteiger partial charge in [-0.25, -0.2) is 4.98 Å². The van der Waals surface area contributed by atoms with Crippen LogP contribution in [0.2, 0.25) is 0 Å². The van der Waals surface area contributed by atoms with Crippen molar-refractivity contribution in [1.29, 1.82) is 0 Å². The molecule has 1 aromatic heterocycles. The lowest BCUT2D eigenvalue weighted by atomic mass is 10.1. The fourth-order valence-corrected chi connectivity index (χ4v) is 6.12. The molecule has 0 N–H and O–H groups in total. The number of thioether (sulfide) groups is 1. The predicted octanol–water partition coefficient (Wildman–Crippen LogP) is 6.65. The second kappa shape index (κ2) is 9.18. The van der Waals surface area contributed by atoms with Gasteiger partial charge in [0.2, 0.25) is 5.91 Å². The molecule has 1 fully saturated rings. The van der Waals surface area contributed by atoms with Crippen molar-refractivity contribution in [2.45, 2.75) is 12.3 Å². The maximum absolute atomic E-state index is 13.0. The largest absolute Gasteiger partial charge is 0.494 e. The van der Waals surface area contributed by atoms with Gasteiger partial charge in [0.15, 0.2) is 5.13 Å². The monoisotopic (exact) mass is 458 g/mol. The van der Waals surface area contributed by atoms with Crippen molar-refractivity contribution in [3.8, 4) is 27.4 Å². The molecule has 4 nitrogen and oxygen atoms in total. The van der Waals surface area contributed by atoms with Gasteiger partial charge in [-0.2, -0.15) is 0 Å². The molecule has 32 heavy (non-hydrogen) atoms. The molecular formula is C26H22N2O2S2. The number of carbonyl (C=O) groups excluding carboxylic acids is 1. The molecule has 0 spiro atoms. The van der Waals surface area contributed by atoms with Gasteiger partial charge in [0.05, 0.1) is 22.9 Å². The lowest BCUT2D eigenvalue weighted by molar-refractivity contribution is -0.115. The van der Waals surface area contributed by atoms with Gasteiger partial charge in [0, 0.05) is 5.56 Å². The van der Waals surface area contributed by atoms with Gasteiger partial charge in [-0.05, 0) is 30.2 Å². The normalized spacial score (nSPS) is 15.8. The van der Waals surface area contributed by atoms with Gasteiger partial charge >= 0.3 is 0 Å². The van der Waals surface area contributed by atoms with E-state index in [2.05, 4.69) is 24.3 Å². The number of aromatic nitrogens is 1. The molecule has 0 bridgehead atoms. The minimum absolute atomic E-state index is 0.0851. The first-order chi connectivity index (χ1) is 15.7. The molecule has 4 aromatic rings. The molecule has 1 aliphatic heterocycles. The zero-order valence-electron chi connectivity index (χ0n) is 17.6. The van der Waals surface area contributed by atoms with E-state index in [1.54, 1.807) is 23.1 Å². The number of amides is 1. The maximum Gasteiger partial charge on any atom is 0.240 e. The lowest BCUT2D eigenvalue weighted by Crippen LogP contribution is -2.27. The summed E-state index contributed by atoms with van der Waals surface area (Å²) in [6, 6.07) is 28.4. The fraction of sp³-hybridized carbons (Fsp3) is 0.154. The van der Waals surface area contributed by atoms with Crippen LogP contribution in [0.15, 0.2) is 84.9 Å². The summed E-state index contributed by atoms with van der Waals surface area (Å²) in [5.41, 5.74) is 4.13. The van der Waals surface area contributed by atoms with Gasteiger partial charge in [0.1, 0.15) is 11.1 Å². The molecule has 0 unspecified atom stereocenters. The van der Waals surface area contributed by atoms with Crippen molar-refractivity contribution in [3.63, 3.8) is 0 Å². The van der Waals surface area contributed by atoms with Gasteiger partial charge in [-0.3, -0.25) is 9.69 Å². The molecule has 0 aliphatic carbocycles. The number of rotatable bonds is 6. The zero-order chi connectivity index (χ0) is 21.9. The van der Waals surface area contributed by atoms with E-state index >= 15 is 0 Å². The van der Waals surface area contributed by atoms with Gasteiger partial charge in [-0.15, -0.1) is 11.8 Å². The third-order valence-corrected chi connectivity index (χ3v) is 7.57. The molecule has 6 heteroatoms. The van der Waals surface area contributed by atoms with Crippen molar-refractivity contribution in [1.82, 2.24) is 4.98 Å². The number of nitrogens with zero attached hydrogens (tertiary/aromatic N) is 2. The average Bonchev–Trinajstić information content (AvgIpc) is 3.45. The number of benzene rings is 3. The van der Waals surface area contributed by atoms with Crippen molar-refractivity contribution in [2.75, 3.05) is 17.3 Å². The van der Waals surface area contributed by atoms with Crippen LogP contribution >= 0.6 is 23.1 Å². The Morgan fingerprint density at radius 1 is 0.938 bits per heavy atom. The molecule has 1 amide bonds. The third-order valence-electron chi connectivity index (χ3n) is 5.25. The van der Waals surface area contributed by atoms with Crippen molar-refractivity contribution in [3.05, 3.63) is 90.5 Å². The highest BCUT2D eigenvalue weighted by molar-refractivity contribution is 8.00. The lowest BCUT2D eigenvalue weighted by Gasteiger charge is -2.21. The molecule has 0 saturated carbocycles. The minimum Gasteiger partial charge on any atom is -0.494 e. The van der Waals surface area contributed by atoms with E-state index in [0.29, 0.717) is 12.4 Å². The van der Waals surface area contributed by atoms with E-state index in [9.17, 15) is 4.79 Å². The van der Waals surface area contributed by atoms with Crippen molar-refractivity contribution >= 4 is 34.1 Å². The summed E-state index contributed by atoms with van der Waals surface area (Å²) in [5.74, 6) is 1.37. The summed E-state index contributed by atoms with van der Waals surface area (Å²) in [5, 5.41) is 0.633. The Kier molecular flexibility index (Phi) is 5.97. The third kappa shape index (κ3) is 4.04. The highest BCUT2D eigenvalue weighted by atomic mass is 32.2. The summed E-state index contributed by atoms with van der Waals surface area (Å²) in [4.78, 5) is 20.9. The number of hydrogen-bond acceptors (Lipinski definition) is 5. The van der Waals surface area contributed by atoms with E-state index in [0.717, 1.165) is 38.1 Å². The Hall–Kier alpha value is -3.09. The Bertz CT molecular complexity index is 1150. The van der Waals surface area contributed by atoms with E-state index in [4.69, 9.17) is 9.72 Å². The first kappa shape index (κ1) is 20.8. The summed E-state index contributed by atoms with van der Waals surface area (Å²) >= 11 is 3.21. The van der Waals surface area contributed by atoms with E-state index < -0.39 is 0 Å². The zero-order valence-corrected chi connectivity index (χ0v) is 19.2. The smallest absolute Gasteiger partial charge is 0.240 e. The van der Waals surface area contributed by atoms with Crippen molar-refractivity contribution < 1.29 is 9.53 Å². The van der Waals surface area contributed by atoms with Crippen LogP contribution in [0.3, 0.4) is 0 Å². The average molecular weight is 459 g/mol. The first-order valence-corrected chi connectivity index (χ1v) is 12.4. The Morgan fingerprint density at radius 2 is 1.59 bits per heavy atom. The molecule has 1 aliphatic rings. The van der Waals surface area contributed by atoms with Crippen LogP contribution in [-0.2, 0) is 4.79 Å². The number of hydrogen-bond donors (Lipinski definition) is 0. The van der Waals surface area contributed by atoms with E-state index in [-0.39, 0.29) is 11.3 Å². The van der Waals surface area contributed by atoms with E-state index in [1.807, 2.05) is 72.5 Å². The quantitative estimate of drug-likeness (QED) is 0.324. The van der Waals surface area contributed by atoms with Crippen LogP contribution in [0.4, 0.5) is 5.13 Å². The minimum atomic E-state index is -0.100. The summed E-state index contributed by atoms with van der Waals surface area (Å²) in [6.45, 7) is 2.60. The van der Waals surface area contributed by atoms with E-state index in [1.165, 1.54) is 0 Å². The topological polar surface area (TPSA) is 42.4 Å². The molecule has 3 aromatic carbocycles. The van der Waals surface area contributed by atoms with Crippen molar-refractivity contribution in [2.24, 2.45) is 0 Å². The standard InChI is InChI=1S/C26H22N2O2S2/c1-2-30-21-15-13-20(14-16-21)25-28(22(29)17-31-25)26-27-23(18-9-5-3-6-10-18)24(32-26)19-11-7-4-8-12-19/h3-16,25H,2,17H2,1H3/t25-/m0/s1. The molecule has 160 valence electrons. The van der Waals surface area contributed by atoms with Gasteiger partial charge < -0.3 is 4.74 Å². The SMILES string of the molecule is CCOc1ccc([C@@H]2SCC(=O)N2c2nc(-c3ccccc3)c(-c3ccccc3)s2)cc1. The van der Waals surface area contributed by atoms with Gasteiger partial charge in [-0.1, -0.05) is 84.1 Å². The summed E-state index contributed by atoms with van der Waals surface area (Å²) in [6.07, 6.45) is 0. The predicted molar refractivity (Wildman–Crippen MR) is 133 cm³/mol. The molecule has 2 heterocycles. The highest BCUT2D eigenvalue weighted by Crippen LogP contribution is 2.47. The molecule has 5 rings (SSSR count). The maximum atomic E-state index is 13.0. The summed E-state index contributed by atoms with van der Waals surface area (Å²) < 4.78 is 5.58. The molecule has 1 saturated heterocycles. The highest BCUT2D eigenvalue weighted by Gasteiger charge is 2.36. The summed E-state index contributed by atoms with van der Waals surface area (Å²) in [7, 11) is 0.